The van der Waals surface area contributed by atoms with Gasteiger partial charge in [0, 0.05) is 4.47 Å². The molecule has 4 aromatic carbocycles. The molecule has 31 heavy (non-hydrogen) atoms. The molecule has 0 aromatic heterocycles. The molecular weight excluding hydrogens is 452 g/mol. The average Bonchev–Trinajstić information content (AvgIpc) is 2.82. The van der Waals surface area contributed by atoms with Crippen molar-refractivity contribution in [1.82, 2.24) is 0 Å². The van der Waals surface area contributed by atoms with E-state index in [0.29, 0.717) is 5.56 Å². The maximum atomic E-state index is 13.9. The first-order chi connectivity index (χ1) is 15.1. The van der Waals surface area contributed by atoms with Gasteiger partial charge in [0.1, 0.15) is 5.41 Å². The van der Waals surface area contributed by atoms with Crippen molar-refractivity contribution in [3.05, 3.63) is 142 Å². The van der Waals surface area contributed by atoms with Crippen LogP contribution in [0, 0.1) is 0 Å². The second-order valence-corrected chi connectivity index (χ2v) is 7.95. The van der Waals surface area contributed by atoms with Crippen LogP contribution in [0.2, 0.25) is 0 Å². The maximum Gasteiger partial charge on any atom is 0.345 e. The zero-order valence-electron chi connectivity index (χ0n) is 16.6. The Kier molecular flexibility index (Phi) is 6.10. The number of ether oxygens (including phenoxy) is 1. The van der Waals surface area contributed by atoms with E-state index in [-0.39, 0.29) is 0 Å². The highest BCUT2D eigenvalue weighted by Gasteiger charge is 2.46. The highest BCUT2D eigenvalue weighted by molar-refractivity contribution is 9.10. The van der Waals surface area contributed by atoms with E-state index in [0.717, 1.165) is 21.2 Å². The minimum Gasteiger partial charge on any atom is -0.388 e. The van der Waals surface area contributed by atoms with Crippen LogP contribution in [-0.4, -0.2) is 11.9 Å². The van der Waals surface area contributed by atoms with E-state index in [1.807, 2.05) is 91.0 Å². The summed E-state index contributed by atoms with van der Waals surface area (Å²) >= 11 is 3.35. The molecule has 4 heteroatoms. The molecule has 0 radical (unpaired) electrons. The summed E-state index contributed by atoms with van der Waals surface area (Å²) in [4.78, 5) is 26.7. The summed E-state index contributed by atoms with van der Waals surface area (Å²) < 4.78 is 6.35. The van der Waals surface area contributed by atoms with Gasteiger partial charge >= 0.3 is 11.9 Å². The van der Waals surface area contributed by atoms with Crippen molar-refractivity contribution in [2.45, 2.75) is 5.41 Å². The molecule has 0 amide bonds. The van der Waals surface area contributed by atoms with Gasteiger partial charge in [-0.3, -0.25) is 0 Å². The van der Waals surface area contributed by atoms with Crippen molar-refractivity contribution >= 4 is 27.9 Å². The summed E-state index contributed by atoms with van der Waals surface area (Å²) in [6.45, 7) is 0. The molecule has 0 unspecified atom stereocenters. The Morgan fingerprint density at radius 1 is 0.581 bits per heavy atom. The lowest BCUT2D eigenvalue weighted by atomic mass is 9.69. The van der Waals surface area contributed by atoms with E-state index in [1.165, 1.54) is 0 Å². The second kappa shape index (κ2) is 9.11. The SMILES string of the molecule is O=C(OC(=O)C(c1ccccc1)(c1ccccc1)c1ccccc1)c1ccc(Br)cc1. The molecule has 0 N–H and O–H groups in total. The van der Waals surface area contributed by atoms with Gasteiger partial charge in [0.05, 0.1) is 5.56 Å². The van der Waals surface area contributed by atoms with Gasteiger partial charge in [-0.05, 0) is 41.0 Å². The lowest BCUT2D eigenvalue weighted by molar-refractivity contribution is -0.141. The topological polar surface area (TPSA) is 43.4 Å². The van der Waals surface area contributed by atoms with Crippen LogP contribution in [0.15, 0.2) is 120 Å². The summed E-state index contributed by atoms with van der Waals surface area (Å²) in [6.07, 6.45) is 0. The monoisotopic (exact) mass is 470 g/mol. The zero-order chi connectivity index (χ0) is 21.7. The molecule has 152 valence electrons. The molecule has 0 heterocycles. The van der Waals surface area contributed by atoms with E-state index in [2.05, 4.69) is 15.9 Å². The van der Waals surface area contributed by atoms with Crippen LogP contribution >= 0.6 is 15.9 Å². The van der Waals surface area contributed by atoms with E-state index in [9.17, 15) is 9.59 Å². The van der Waals surface area contributed by atoms with Crippen molar-refractivity contribution < 1.29 is 14.3 Å². The normalized spacial score (nSPS) is 11.0. The largest absolute Gasteiger partial charge is 0.388 e. The number of carbonyl (C=O) groups excluding carboxylic acids is 2. The third kappa shape index (κ3) is 4.07. The predicted octanol–water partition coefficient (Wildman–Crippen LogP) is 6.17. The Labute approximate surface area is 189 Å². The number of hydrogen-bond donors (Lipinski definition) is 0. The third-order valence-corrected chi connectivity index (χ3v) is 5.72. The van der Waals surface area contributed by atoms with Gasteiger partial charge in [0.15, 0.2) is 0 Å². The van der Waals surface area contributed by atoms with E-state index in [1.54, 1.807) is 24.3 Å². The highest BCUT2D eigenvalue weighted by atomic mass is 79.9. The Balaban J connectivity index is 1.88. The number of halogens is 1. The van der Waals surface area contributed by atoms with Crippen LogP contribution < -0.4 is 0 Å². The van der Waals surface area contributed by atoms with E-state index < -0.39 is 17.4 Å². The van der Waals surface area contributed by atoms with Crippen molar-refractivity contribution in [2.75, 3.05) is 0 Å². The number of carbonyl (C=O) groups is 2. The Morgan fingerprint density at radius 2 is 0.968 bits per heavy atom. The second-order valence-electron chi connectivity index (χ2n) is 7.03. The van der Waals surface area contributed by atoms with Gasteiger partial charge < -0.3 is 4.74 Å². The van der Waals surface area contributed by atoms with Crippen LogP contribution in [0.25, 0.3) is 0 Å². The maximum absolute atomic E-state index is 13.9. The number of esters is 2. The molecule has 0 atom stereocenters. The standard InChI is InChI=1S/C27H19BrO3/c28-24-18-16-20(17-19-24)25(29)31-26(30)27(21-10-4-1-5-11-21,22-12-6-2-7-13-22)23-14-8-3-9-15-23/h1-19H. The lowest BCUT2D eigenvalue weighted by Crippen LogP contribution is -2.41. The van der Waals surface area contributed by atoms with Gasteiger partial charge in [0.25, 0.3) is 0 Å². The molecule has 0 aliphatic carbocycles. The van der Waals surface area contributed by atoms with Crippen molar-refractivity contribution in [3.63, 3.8) is 0 Å². The van der Waals surface area contributed by atoms with Crippen LogP contribution in [0.5, 0.6) is 0 Å². The fraction of sp³-hybridized carbons (Fsp3) is 0.0370. The molecule has 4 rings (SSSR count). The Hall–Kier alpha value is -3.50. The fourth-order valence-corrected chi connectivity index (χ4v) is 3.99. The first kappa shape index (κ1) is 20.8. The molecule has 0 saturated heterocycles. The fourth-order valence-electron chi connectivity index (χ4n) is 3.72. The first-order valence-electron chi connectivity index (χ1n) is 9.81. The molecule has 3 nitrogen and oxygen atoms in total. The van der Waals surface area contributed by atoms with Gasteiger partial charge in [-0.15, -0.1) is 0 Å². The van der Waals surface area contributed by atoms with Crippen LogP contribution in [-0.2, 0) is 14.9 Å². The predicted molar refractivity (Wildman–Crippen MR) is 124 cm³/mol. The van der Waals surface area contributed by atoms with Crippen molar-refractivity contribution in [3.8, 4) is 0 Å². The first-order valence-corrected chi connectivity index (χ1v) is 10.6. The molecule has 0 fully saturated rings. The number of hydrogen-bond acceptors (Lipinski definition) is 3. The van der Waals surface area contributed by atoms with Crippen LogP contribution in [0.4, 0.5) is 0 Å². The summed E-state index contributed by atoms with van der Waals surface area (Å²) in [5.41, 5.74) is 1.18. The molecule has 4 aromatic rings. The lowest BCUT2D eigenvalue weighted by Gasteiger charge is -2.33. The van der Waals surface area contributed by atoms with Gasteiger partial charge in [-0.2, -0.15) is 0 Å². The van der Waals surface area contributed by atoms with Gasteiger partial charge in [0.2, 0.25) is 0 Å². The average molecular weight is 471 g/mol. The summed E-state index contributed by atoms with van der Waals surface area (Å²) in [5.74, 6) is -1.34. The highest BCUT2D eigenvalue weighted by Crippen LogP contribution is 2.40. The Morgan fingerprint density at radius 3 is 1.35 bits per heavy atom. The molecule has 0 aliphatic rings. The molecule has 0 aliphatic heterocycles. The Bertz CT molecular complexity index is 1070. The minimum absolute atomic E-state index is 0.305. The summed E-state index contributed by atoms with van der Waals surface area (Å²) in [5, 5.41) is 0. The summed E-state index contributed by atoms with van der Waals surface area (Å²) in [7, 11) is 0. The van der Waals surface area contributed by atoms with Crippen molar-refractivity contribution in [1.29, 1.82) is 0 Å². The quantitative estimate of drug-likeness (QED) is 0.199. The van der Waals surface area contributed by atoms with Crippen LogP contribution in [0.3, 0.4) is 0 Å². The number of rotatable bonds is 5. The van der Waals surface area contributed by atoms with E-state index in [4.69, 9.17) is 4.74 Å². The molecular formula is C27H19BrO3. The van der Waals surface area contributed by atoms with E-state index >= 15 is 0 Å². The van der Waals surface area contributed by atoms with Crippen molar-refractivity contribution in [2.24, 2.45) is 0 Å². The summed E-state index contributed by atoms with van der Waals surface area (Å²) in [6, 6.07) is 34.9. The minimum atomic E-state index is -1.30. The molecule has 0 spiro atoms. The smallest absolute Gasteiger partial charge is 0.345 e. The number of benzene rings is 4. The zero-order valence-corrected chi connectivity index (χ0v) is 18.2. The molecule has 0 saturated carbocycles. The van der Waals surface area contributed by atoms with Crippen LogP contribution in [0.1, 0.15) is 27.0 Å². The third-order valence-electron chi connectivity index (χ3n) is 5.19. The van der Waals surface area contributed by atoms with Gasteiger partial charge in [-0.1, -0.05) is 107 Å². The molecule has 0 bridgehead atoms. The van der Waals surface area contributed by atoms with Gasteiger partial charge in [-0.25, -0.2) is 9.59 Å².